The lowest BCUT2D eigenvalue weighted by atomic mass is 9.96. The third kappa shape index (κ3) is 2.48. The number of aromatic hydroxyl groups is 1. The van der Waals surface area contributed by atoms with Gasteiger partial charge in [-0.3, -0.25) is 4.68 Å². The number of hydrogen-bond acceptors (Lipinski definition) is 2. The second-order valence-corrected chi connectivity index (χ2v) is 5.17. The number of nitrogens with zero attached hydrogens (tertiary/aromatic N) is 2. The van der Waals surface area contributed by atoms with Gasteiger partial charge in [-0.1, -0.05) is 19.3 Å². The Morgan fingerprint density at radius 1 is 1.21 bits per heavy atom. The molecule has 0 atom stereocenters. The van der Waals surface area contributed by atoms with E-state index in [0.29, 0.717) is 11.6 Å². The summed E-state index contributed by atoms with van der Waals surface area (Å²) in [5.41, 5.74) is 1.13. The molecule has 2 aromatic rings. The van der Waals surface area contributed by atoms with Gasteiger partial charge in [-0.25, -0.2) is 4.39 Å². The summed E-state index contributed by atoms with van der Waals surface area (Å²) in [5, 5.41) is 13.8. The molecule has 0 bridgehead atoms. The number of phenolic OH excluding ortho intramolecular Hbond substituents is 1. The van der Waals surface area contributed by atoms with Crippen molar-refractivity contribution in [3.8, 4) is 16.9 Å². The van der Waals surface area contributed by atoms with Crippen LogP contribution >= 0.6 is 0 Å². The zero-order valence-electron chi connectivity index (χ0n) is 10.7. The Balaban J connectivity index is 1.89. The summed E-state index contributed by atoms with van der Waals surface area (Å²) < 4.78 is 15.7. The summed E-state index contributed by atoms with van der Waals surface area (Å²) in [6.45, 7) is 0. The van der Waals surface area contributed by atoms with E-state index in [2.05, 4.69) is 5.10 Å². The molecule has 1 heterocycles. The number of phenols is 1. The van der Waals surface area contributed by atoms with Crippen molar-refractivity contribution in [3.05, 3.63) is 36.4 Å². The molecule has 1 aromatic heterocycles. The summed E-state index contributed by atoms with van der Waals surface area (Å²) in [7, 11) is 0. The molecule has 1 aliphatic rings. The molecule has 1 aliphatic carbocycles. The van der Waals surface area contributed by atoms with Crippen molar-refractivity contribution in [1.29, 1.82) is 0 Å². The van der Waals surface area contributed by atoms with Gasteiger partial charge in [0.05, 0.1) is 12.2 Å². The van der Waals surface area contributed by atoms with Crippen LogP contribution in [0.3, 0.4) is 0 Å². The van der Waals surface area contributed by atoms with E-state index in [9.17, 15) is 9.50 Å². The van der Waals surface area contributed by atoms with Gasteiger partial charge in [0, 0.05) is 17.3 Å². The SMILES string of the molecule is Oc1ccc(F)c(-c2cnn(C3CCCCC3)c2)c1. The smallest absolute Gasteiger partial charge is 0.131 e. The molecule has 1 fully saturated rings. The minimum absolute atomic E-state index is 0.0711. The molecule has 19 heavy (non-hydrogen) atoms. The molecule has 1 saturated carbocycles. The van der Waals surface area contributed by atoms with Crippen molar-refractivity contribution < 1.29 is 9.50 Å². The summed E-state index contributed by atoms with van der Waals surface area (Å²) in [5.74, 6) is -0.261. The van der Waals surface area contributed by atoms with E-state index in [1.54, 1.807) is 6.20 Å². The Labute approximate surface area is 111 Å². The first kappa shape index (κ1) is 12.2. The van der Waals surface area contributed by atoms with Gasteiger partial charge >= 0.3 is 0 Å². The summed E-state index contributed by atoms with van der Waals surface area (Å²) >= 11 is 0. The fourth-order valence-corrected chi connectivity index (χ4v) is 2.76. The van der Waals surface area contributed by atoms with Gasteiger partial charge in [0.15, 0.2) is 0 Å². The highest BCUT2D eigenvalue weighted by Gasteiger charge is 2.17. The zero-order valence-corrected chi connectivity index (χ0v) is 10.7. The van der Waals surface area contributed by atoms with Crippen molar-refractivity contribution in [2.45, 2.75) is 38.1 Å². The second kappa shape index (κ2) is 5.03. The van der Waals surface area contributed by atoms with E-state index in [-0.39, 0.29) is 11.6 Å². The number of aromatic nitrogens is 2. The molecule has 0 radical (unpaired) electrons. The van der Waals surface area contributed by atoms with Crippen molar-refractivity contribution >= 4 is 0 Å². The molecule has 1 N–H and O–H groups in total. The fraction of sp³-hybridized carbons (Fsp3) is 0.400. The monoisotopic (exact) mass is 260 g/mol. The van der Waals surface area contributed by atoms with Gasteiger partial charge in [-0.05, 0) is 31.0 Å². The Morgan fingerprint density at radius 3 is 2.79 bits per heavy atom. The van der Waals surface area contributed by atoms with E-state index < -0.39 is 0 Å². The van der Waals surface area contributed by atoms with Crippen molar-refractivity contribution in [1.82, 2.24) is 9.78 Å². The van der Waals surface area contributed by atoms with Crippen LogP contribution in [0.15, 0.2) is 30.6 Å². The largest absolute Gasteiger partial charge is 0.508 e. The van der Waals surface area contributed by atoms with Gasteiger partial charge in [-0.15, -0.1) is 0 Å². The van der Waals surface area contributed by atoms with Crippen LogP contribution < -0.4 is 0 Å². The third-order valence-corrected chi connectivity index (χ3v) is 3.81. The minimum Gasteiger partial charge on any atom is -0.508 e. The van der Waals surface area contributed by atoms with Crippen LogP contribution in [0.2, 0.25) is 0 Å². The van der Waals surface area contributed by atoms with Crippen LogP contribution in [0.1, 0.15) is 38.1 Å². The molecule has 1 aromatic carbocycles. The van der Waals surface area contributed by atoms with E-state index in [1.165, 1.54) is 37.5 Å². The van der Waals surface area contributed by atoms with Crippen LogP contribution in [-0.2, 0) is 0 Å². The number of halogens is 1. The maximum absolute atomic E-state index is 13.8. The zero-order chi connectivity index (χ0) is 13.2. The highest BCUT2D eigenvalue weighted by atomic mass is 19.1. The molecule has 0 spiro atoms. The molecule has 4 heteroatoms. The minimum atomic E-state index is -0.332. The van der Waals surface area contributed by atoms with Crippen LogP contribution in [0, 0.1) is 5.82 Å². The average molecular weight is 260 g/mol. The molecule has 0 saturated heterocycles. The molecular weight excluding hydrogens is 243 g/mol. The molecule has 3 nitrogen and oxygen atoms in total. The van der Waals surface area contributed by atoms with E-state index >= 15 is 0 Å². The molecule has 0 amide bonds. The van der Waals surface area contributed by atoms with Crippen molar-refractivity contribution in [2.24, 2.45) is 0 Å². The third-order valence-electron chi connectivity index (χ3n) is 3.81. The lowest BCUT2D eigenvalue weighted by Crippen LogP contribution is -2.12. The Morgan fingerprint density at radius 2 is 2.00 bits per heavy atom. The molecular formula is C15H17FN2O. The van der Waals surface area contributed by atoms with E-state index in [0.717, 1.165) is 18.4 Å². The quantitative estimate of drug-likeness (QED) is 0.889. The summed E-state index contributed by atoms with van der Waals surface area (Å²) in [6, 6.07) is 4.51. The fourth-order valence-electron chi connectivity index (χ4n) is 2.76. The van der Waals surface area contributed by atoms with Crippen LogP contribution in [0.4, 0.5) is 4.39 Å². The van der Waals surface area contributed by atoms with Gasteiger partial charge in [0.1, 0.15) is 11.6 Å². The maximum atomic E-state index is 13.8. The normalized spacial score (nSPS) is 16.7. The molecule has 3 rings (SSSR count). The van der Waals surface area contributed by atoms with Crippen LogP contribution in [0.5, 0.6) is 5.75 Å². The molecule has 100 valence electrons. The first-order chi connectivity index (χ1) is 9.24. The lowest BCUT2D eigenvalue weighted by molar-refractivity contribution is 0.329. The highest BCUT2D eigenvalue weighted by molar-refractivity contribution is 5.64. The summed E-state index contributed by atoms with van der Waals surface area (Å²) in [6.07, 6.45) is 9.61. The highest BCUT2D eigenvalue weighted by Crippen LogP contribution is 2.31. The van der Waals surface area contributed by atoms with Gasteiger partial charge in [0.2, 0.25) is 0 Å². The number of hydrogen-bond donors (Lipinski definition) is 1. The predicted molar refractivity (Wildman–Crippen MR) is 71.4 cm³/mol. The topological polar surface area (TPSA) is 38.1 Å². The van der Waals surface area contributed by atoms with Crippen molar-refractivity contribution in [2.75, 3.05) is 0 Å². The number of rotatable bonds is 2. The molecule has 0 aliphatic heterocycles. The standard InChI is InChI=1S/C15H17FN2O/c16-15-7-6-13(19)8-14(15)11-9-17-18(10-11)12-4-2-1-3-5-12/h6-10,12,19H,1-5H2. The average Bonchev–Trinajstić information content (AvgIpc) is 2.92. The summed E-state index contributed by atoms with van der Waals surface area (Å²) in [4.78, 5) is 0. The lowest BCUT2D eigenvalue weighted by Gasteiger charge is -2.21. The Hall–Kier alpha value is -1.84. The van der Waals surface area contributed by atoms with Gasteiger partial charge < -0.3 is 5.11 Å². The first-order valence-electron chi connectivity index (χ1n) is 6.77. The van der Waals surface area contributed by atoms with Crippen molar-refractivity contribution in [3.63, 3.8) is 0 Å². The molecule has 0 unspecified atom stereocenters. The van der Waals surface area contributed by atoms with E-state index in [4.69, 9.17) is 0 Å². The number of benzene rings is 1. The predicted octanol–water partition coefficient (Wildman–Crippen LogP) is 3.90. The van der Waals surface area contributed by atoms with Crippen LogP contribution in [0.25, 0.3) is 11.1 Å². The Kier molecular flexibility index (Phi) is 3.23. The first-order valence-corrected chi connectivity index (χ1v) is 6.77. The van der Waals surface area contributed by atoms with Gasteiger partial charge in [-0.2, -0.15) is 5.10 Å². The maximum Gasteiger partial charge on any atom is 0.131 e. The Bertz CT molecular complexity index is 573. The second-order valence-electron chi connectivity index (χ2n) is 5.17. The van der Waals surface area contributed by atoms with Gasteiger partial charge in [0.25, 0.3) is 0 Å². The van der Waals surface area contributed by atoms with E-state index in [1.807, 2.05) is 10.9 Å². The van der Waals surface area contributed by atoms with Crippen LogP contribution in [-0.4, -0.2) is 14.9 Å².